The van der Waals surface area contributed by atoms with Gasteiger partial charge in [-0.1, -0.05) is 80.1 Å². The zero-order valence-electron chi connectivity index (χ0n) is 30.4. The summed E-state index contributed by atoms with van der Waals surface area (Å²) in [4.78, 5) is 69.9. The molecule has 0 unspecified atom stereocenters. The molecule has 2 saturated heterocycles. The van der Waals surface area contributed by atoms with E-state index in [1.54, 1.807) is 4.90 Å². The normalized spacial score (nSPS) is 29.5. The quantitative estimate of drug-likeness (QED) is 0.226. The standard InChI is InChI=1S/C36H59N5O7S/c1-7-8-14-24(28(42)31(44)37-22-16-17-22)38-30(43)27-26-23(35(26,5)6)21-41(27)32(45)29(34(2,3)4)39-33(46)40-36(18-11-9-12-19-36)25-15-10-13-20-49(25,47)48/h22-27,29H,7-21H2,1-6H3,(H,37,44)(H,38,43)(H2,39,40,46)/t23-,24+,25+,26-,27+,29-/m1/s1. The molecule has 276 valence electrons. The van der Waals surface area contributed by atoms with E-state index in [2.05, 4.69) is 35.1 Å². The van der Waals surface area contributed by atoms with E-state index in [4.69, 9.17) is 0 Å². The number of unbranched alkanes of at least 4 members (excludes halogenated alkanes) is 1. The number of sulfone groups is 1. The Hall–Kier alpha value is -2.70. The predicted molar refractivity (Wildman–Crippen MR) is 186 cm³/mol. The number of rotatable bonds is 12. The molecule has 3 saturated carbocycles. The van der Waals surface area contributed by atoms with Crippen molar-refractivity contribution in [2.45, 2.75) is 160 Å². The van der Waals surface area contributed by atoms with Crippen molar-refractivity contribution in [2.24, 2.45) is 22.7 Å². The maximum absolute atomic E-state index is 14.5. The second kappa shape index (κ2) is 14.1. The van der Waals surface area contributed by atoms with Crippen molar-refractivity contribution in [3.05, 3.63) is 0 Å². The van der Waals surface area contributed by atoms with Crippen LogP contribution in [-0.2, 0) is 29.0 Å². The van der Waals surface area contributed by atoms with E-state index < -0.39 is 73.7 Å². The van der Waals surface area contributed by atoms with Crippen LogP contribution in [0.1, 0.15) is 125 Å². The van der Waals surface area contributed by atoms with Gasteiger partial charge in [-0.3, -0.25) is 19.2 Å². The lowest BCUT2D eigenvalue weighted by atomic mass is 9.77. The number of nitrogens with zero attached hydrogens (tertiary/aromatic N) is 1. The van der Waals surface area contributed by atoms with E-state index in [0.29, 0.717) is 45.1 Å². The molecule has 3 aliphatic carbocycles. The van der Waals surface area contributed by atoms with Gasteiger partial charge in [0.1, 0.15) is 12.1 Å². The van der Waals surface area contributed by atoms with Crippen LogP contribution in [0.2, 0.25) is 0 Å². The van der Waals surface area contributed by atoms with Gasteiger partial charge in [0, 0.05) is 12.6 Å². The van der Waals surface area contributed by atoms with E-state index in [9.17, 15) is 32.4 Å². The Morgan fingerprint density at radius 1 is 0.918 bits per heavy atom. The summed E-state index contributed by atoms with van der Waals surface area (Å²) in [5, 5.41) is 11.0. The fourth-order valence-electron chi connectivity index (χ4n) is 8.88. The van der Waals surface area contributed by atoms with Crippen molar-refractivity contribution in [2.75, 3.05) is 12.3 Å². The van der Waals surface area contributed by atoms with Gasteiger partial charge < -0.3 is 26.2 Å². The first-order chi connectivity index (χ1) is 22.9. The molecule has 0 aromatic rings. The number of ketones is 1. The third-order valence-electron chi connectivity index (χ3n) is 12.1. The van der Waals surface area contributed by atoms with Gasteiger partial charge in [-0.15, -0.1) is 0 Å². The second-order valence-corrected chi connectivity index (χ2v) is 19.5. The molecule has 5 fully saturated rings. The molecule has 49 heavy (non-hydrogen) atoms. The maximum Gasteiger partial charge on any atom is 0.315 e. The Kier molecular flexibility index (Phi) is 10.8. The summed E-state index contributed by atoms with van der Waals surface area (Å²) in [6.45, 7) is 12.0. The highest BCUT2D eigenvalue weighted by molar-refractivity contribution is 7.92. The summed E-state index contributed by atoms with van der Waals surface area (Å²) in [5.74, 6) is -2.13. The van der Waals surface area contributed by atoms with Gasteiger partial charge in [-0.25, -0.2) is 13.2 Å². The molecular formula is C36H59N5O7S. The molecule has 5 aliphatic rings. The summed E-state index contributed by atoms with van der Waals surface area (Å²) >= 11 is 0. The van der Waals surface area contributed by atoms with Crippen LogP contribution < -0.4 is 21.3 Å². The van der Waals surface area contributed by atoms with Gasteiger partial charge in [0.05, 0.1) is 22.6 Å². The summed E-state index contributed by atoms with van der Waals surface area (Å²) in [6.07, 6.45) is 9.13. The van der Waals surface area contributed by atoms with Crippen LogP contribution >= 0.6 is 0 Å². The molecule has 12 nitrogen and oxygen atoms in total. The molecule has 0 spiro atoms. The first-order valence-electron chi connectivity index (χ1n) is 18.7. The molecule has 2 aliphatic heterocycles. The molecule has 5 amide bonds. The predicted octanol–water partition coefficient (Wildman–Crippen LogP) is 3.38. The van der Waals surface area contributed by atoms with Crippen LogP contribution in [0.3, 0.4) is 0 Å². The molecule has 13 heteroatoms. The number of Topliss-reactive ketones (excluding diaryl/α,β-unsaturated/α-hetero) is 1. The Bertz CT molecular complexity index is 1410. The molecule has 0 radical (unpaired) electrons. The average molecular weight is 706 g/mol. The minimum atomic E-state index is -3.38. The minimum Gasteiger partial charge on any atom is -0.347 e. The van der Waals surface area contributed by atoms with Crippen molar-refractivity contribution < 1.29 is 32.4 Å². The number of urea groups is 1. The number of piperidine rings is 1. The zero-order valence-corrected chi connectivity index (χ0v) is 31.2. The van der Waals surface area contributed by atoms with E-state index in [-0.39, 0.29) is 29.0 Å². The number of fused-ring (bicyclic) bond motifs is 1. The lowest BCUT2D eigenvalue weighted by Crippen LogP contribution is -2.66. The van der Waals surface area contributed by atoms with Gasteiger partial charge >= 0.3 is 6.03 Å². The first kappa shape index (κ1) is 37.6. The van der Waals surface area contributed by atoms with Crippen LogP contribution in [-0.4, -0.2) is 90.1 Å². The van der Waals surface area contributed by atoms with Crippen LogP contribution in [0.4, 0.5) is 4.79 Å². The third kappa shape index (κ3) is 7.96. The highest BCUT2D eigenvalue weighted by Crippen LogP contribution is 2.65. The highest BCUT2D eigenvalue weighted by Gasteiger charge is 2.70. The molecule has 5 rings (SSSR count). The number of carbonyl (C=O) groups is 5. The first-order valence-corrected chi connectivity index (χ1v) is 20.4. The molecule has 0 aromatic heterocycles. The molecule has 0 bridgehead atoms. The van der Waals surface area contributed by atoms with Crippen LogP contribution in [0, 0.1) is 22.7 Å². The van der Waals surface area contributed by atoms with Crippen molar-refractivity contribution in [1.29, 1.82) is 0 Å². The molecule has 4 N–H and O–H groups in total. The Labute approximate surface area is 292 Å². The fraction of sp³-hybridized carbons (Fsp3) is 0.861. The zero-order chi connectivity index (χ0) is 35.9. The second-order valence-electron chi connectivity index (χ2n) is 17.2. The van der Waals surface area contributed by atoms with Crippen molar-refractivity contribution in [1.82, 2.24) is 26.2 Å². The smallest absolute Gasteiger partial charge is 0.315 e. The van der Waals surface area contributed by atoms with Gasteiger partial charge in [0.15, 0.2) is 9.84 Å². The Morgan fingerprint density at radius 3 is 2.18 bits per heavy atom. The topological polar surface area (TPSA) is 171 Å². The maximum atomic E-state index is 14.5. The number of nitrogens with one attached hydrogen (secondary N) is 4. The van der Waals surface area contributed by atoms with E-state index in [1.807, 2.05) is 27.7 Å². The molecule has 2 heterocycles. The number of amides is 5. The van der Waals surface area contributed by atoms with Gasteiger partial charge in [0.25, 0.3) is 5.91 Å². The van der Waals surface area contributed by atoms with Gasteiger partial charge in [0.2, 0.25) is 17.6 Å². The number of hydrogen-bond donors (Lipinski definition) is 4. The third-order valence-corrected chi connectivity index (χ3v) is 14.5. The SMILES string of the molecule is CCCC[C@H](NC(=O)[C@@H]1[C@H]2[C@@H](CN1C(=O)[C@@H](NC(=O)NC1([C@@H]3CCCCS3(=O)=O)CCCCC1)C(C)(C)C)C2(C)C)C(=O)C(=O)NC1CC1. The van der Waals surface area contributed by atoms with Gasteiger partial charge in [-0.2, -0.15) is 0 Å². The number of likely N-dealkylation sites (tertiary alicyclic amines) is 1. The number of hydrogen-bond acceptors (Lipinski definition) is 7. The Balaban J connectivity index is 1.34. The lowest BCUT2D eigenvalue weighted by Gasteiger charge is -2.45. The molecule has 0 aromatic carbocycles. The van der Waals surface area contributed by atoms with Crippen molar-refractivity contribution in [3.63, 3.8) is 0 Å². The summed E-state index contributed by atoms with van der Waals surface area (Å²) in [6, 6.07) is -3.42. The molecule has 6 atom stereocenters. The van der Waals surface area contributed by atoms with Gasteiger partial charge in [-0.05, 0) is 67.6 Å². The summed E-state index contributed by atoms with van der Waals surface area (Å²) in [5.41, 5.74) is -1.82. The summed E-state index contributed by atoms with van der Waals surface area (Å²) < 4.78 is 26.5. The van der Waals surface area contributed by atoms with Crippen LogP contribution in [0.15, 0.2) is 0 Å². The van der Waals surface area contributed by atoms with Crippen LogP contribution in [0.25, 0.3) is 0 Å². The fourth-order valence-corrected chi connectivity index (χ4v) is 11.3. The largest absolute Gasteiger partial charge is 0.347 e. The minimum absolute atomic E-state index is 0.00837. The van der Waals surface area contributed by atoms with Crippen molar-refractivity contribution >= 4 is 39.4 Å². The van der Waals surface area contributed by atoms with E-state index in [1.165, 1.54) is 0 Å². The lowest BCUT2D eigenvalue weighted by molar-refractivity contribution is -0.145. The van der Waals surface area contributed by atoms with Crippen LogP contribution in [0.5, 0.6) is 0 Å². The van der Waals surface area contributed by atoms with E-state index >= 15 is 0 Å². The summed E-state index contributed by atoms with van der Waals surface area (Å²) in [7, 11) is -3.38. The Morgan fingerprint density at radius 2 is 1.59 bits per heavy atom. The average Bonchev–Trinajstić information content (AvgIpc) is 3.88. The van der Waals surface area contributed by atoms with E-state index in [0.717, 1.165) is 44.9 Å². The number of carbonyl (C=O) groups excluding carboxylic acids is 5. The molecular weight excluding hydrogens is 646 g/mol. The van der Waals surface area contributed by atoms with Crippen molar-refractivity contribution in [3.8, 4) is 0 Å². The highest BCUT2D eigenvalue weighted by atomic mass is 32.2. The monoisotopic (exact) mass is 705 g/mol.